The van der Waals surface area contributed by atoms with Crippen molar-refractivity contribution in [3.8, 4) is 46.0 Å². The van der Waals surface area contributed by atoms with Gasteiger partial charge >= 0.3 is 11.9 Å². The molecule has 2 aliphatic heterocycles. The van der Waals surface area contributed by atoms with Gasteiger partial charge in [-0.05, 0) is 135 Å². The normalized spacial score (nSPS) is 16.0. The van der Waals surface area contributed by atoms with Crippen molar-refractivity contribution < 1.29 is 57.2 Å². The van der Waals surface area contributed by atoms with Gasteiger partial charge in [0.05, 0.1) is 22.3 Å². The summed E-state index contributed by atoms with van der Waals surface area (Å²) in [5, 5.41) is 2.26. The number of amides is 4. The Hall–Kier alpha value is -10.9. The van der Waals surface area contributed by atoms with Crippen LogP contribution in [0.15, 0.2) is 206 Å². The molecule has 4 amide bonds. The second-order valence-corrected chi connectivity index (χ2v) is 23.3. The van der Waals surface area contributed by atoms with Crippen LogP contribution in [0.4, 0.5) is 0 Å². The topological polar surface area (TPSA) is 164 Å². The van der Waals surface area contributed by atoms with E-state index in [1.807, 2.05) is 72.8 Å². The number of benzene rings is 11. The smallest absolute Gasteiger partial charge is 0.334 e. The molecular formula is C76H58N2O12. The Labute approximate surface area is 517 Å². The summed E-state index contributed by atoms with van der Waals surface area (Å²) in [5.41, 5.74) is 0.817. The van der Waals surface area contributed by atoms with E-state index in [9.17, 15) is 0 Å². The molecule has 444 valence electrons. The van der Waals surface area contributed by atoms with Crippen molar-refractivity contribution in [1.82, 2.24) is 9.80 Å². The van der Waals surface area contributed by atoms with E-state index in [4.69, 9.17) is 28.4 Å². The summed E-state index contributed by atoms with van der Waals surface area (Å²) >= 11 is 0. The number of nitrogens with zero attached hydrogens (tertiary/aromatic N) is 2. The van der Waals surface area contributed by atoms with Crippen molar-refractivity contribution in [2.75, 3.05) is 0 Å². The number of fused-ring (bicyclic) bond motifs is 2. The molecule has 0 bridgehead atoms. The maximum absolute atomic E-state index is 16.2. The maximum atomic E-state index is 16.2. The van der Waals surface area contributed by atoms with E-state index in [0.29, 0.717) is 92.1 Å². The SMILES string of the molecule is O=C(OC1CCCCC1)C(c1ccccc1)N1C(=O)c2cc(Oc3ccccc3)c3c4c(Oc5ccccc5)cc5c6c(cc(Oc7ccccc7)c(c7c(Oc8ccccc8)cc(c2c37)C1=O)c64)C(=O)N(C(C(=O)OC1CCCCC1)c1ccccc1)C5=O. The quantitative estimate of drug-likeness (QED) is 0.0390. The fraction of sp³-hybridized carbons (Fsp3) is 0.184. The summed E-state index contributed by atoms with van der Waals surface area (Å²) in [6.07, 6.45) is 7.28. The van der Waals surface area contributed by atoms with Gasteiger partial charge in [-0.3, -0.25) is 29.0 Å². The Morgan fingerprint density at radius 2 is 0.556 bits per heavy atom. The maximum Gasteiger partial charge on any atom is 0.334 e. The first-order valence-electron chi connectivity index (χ1n) is 30.7. The first kappa shape index (κ1) is 55.7. The molecule has 14 heteroatoms. The number of hydrogen-bond acceptors (Lipinski definition) is 12. The lowest BCUT2D eigenvalue weighted by Crippen LogP contribution is -2.47. The molecule has 0 saturated heterocycles. The van der Waals surface area contributed by atoms with E-state index < -0.39 is 59.9 Å². The highest BCUT2D eigenvalue weighted by atomic mass is 16.6. The third kappa shape index (κ3) is 9.84. The predicted octanol–water partition coefficient (Wildman–Crippen LogP) is 17.3. The molecular weight excluding hydrogens is 1130 g/mol. The lowest BCUT2D eigenvalue weighted by atomic mass is 9.80. The van der Waals surface area contributed by atoms with Gasteiger partial charge in [0.25, 0.3) is 23.6 Å². The van der Waals surface area contributed by atoms with Gasteiger partial charge in [0.2, 0.25) is 0 Å². The van der Waals surface area contributed by atoms with Crippen LogP contribution >= 0.6 is 0 Å². The fourth-order valence-electron chi connectivity index (χ4n) is 13.7. The van der Waals surface area contributed by atoms with Crippen LogP contribution in [0.3, 0.4) is 0 Å². The summed E-state index contributed by atoms with van der Waals surface area (Å²) in [6.45, 7) is 0. The highest BCUT2D eigenvalue weighted by Gasteiger charge is 2.48. The number of esters is 2. The summed E-state index contributed by atoms with van der Waals surface area (Å²) in [4.78, 5) is 96.8. The fourth-order valence-corrected chi connectivity index (χ4v) is 13.7. The monoisotopic (exact) mass is 1190 g/mol. The minimum atomic E-state index is -1.51. The van der Waals surface area contributed by atoms with Crippen LogP contribution in [0, 0.1) is 0 Å². The first-order valence-corrected chi connectivity index (χ1v) is 30.7. The van der Waals surface area contributed by atoms with Crippen molar-refractivity contribution in [1.29, 1.82) is 0 Å². The van der Waals surface area contributed by atoms with Gasteiger partial charge < -0.3 is 28.4 Å². The molecule has 2 unspecified atom stereocenters. The van der Waals surface area contributed by atoms with Gasteiger partial charge in [0.1, 0.15) is 58.2 Å². The molecule has 90 heavy (non-hydrogen) atoms. The molecule has 0 spiro atoms. The van der Waals surface area contributed by atoms with Crippen LogP contribution in [0.25, 0.3) is 43.1 Å². The number of ether oxygens (including phenoxy) is 6. The molecule has 0 N–H and O–H groups in total. The Morgan fingerprint density at radius 1 is 0.311 bits per heavy atom. The molecule has 0 aromatic heterocycles. The van der Waals surface area contributed by atoms with Crippen molar-refractivity contribution in [3.05, 3.63) is 240 Å². The largest absolute Gasteiger partial charge is 0.461 e. The zero-order chi connectivity index (χ0) is 61.0. The third-order valence-corrected chi connectivity index (χ3v) is 17.7. The van der Waals surface area contributed by atoms with Gasteiger partial charge in [-0.1, -0.05) is 146 Å². The highest BCUT2D eigenvalue weighted by Crippen LogP contribution is 2.58. The molecule has 14 nitrogen and oxygen atoms in total. The molecule has 15 rings (SSSR count). The third-order valence-electron chi connectivity index (χ3n) is 17.7. The van der Waals surface area contributed by atoms with Crippen LogP contribution in [0.2, 0.25) is 0 Å². The Balaban J connectivity index is 1.07. The number of hydrogen-bond donors (Lipinski definition) is 0. The molecule has 2 atom stereocenters. The van der Waals surface area contributed by atoms with Crippen LogP contribution in [0.1, 0.15) is 129 Å². The van der Waals surface area contributed by atoms with E-state index in [1.165, 1.54) is 0 Å². The molecule has 11 aromatic rings. The summed E-state index contributed by atoms with van der Waals surface area (Å²) in [5.74, 6) is -2.76. The highest BCUT2D eigenvalue weighted by molar-refractivity contribution is 6.45. The molecule has 2 heterocycles. The number of para-hydroxylation sites is 4. The summed E-state index contributed by atoms with van der Waals surface area (Å²) in [6, 6.07) is 56.7. The average molecular weight is 1190 g/mol. The summed E-state index contributed by atoms with van der Waals surface area (Å²) in [7, 11) is 0. The van der Waals surface area contributed by atoms with E-state index in [1.54, 1.807) is 133 Å². The van der Waals surface area contributed by atoms with Crippen LogP contribution in [-0.2, 0) is 19.1 Å². The number of carbonyl (C=O) groups excluding carboxylic acids is 6. The van der Waals surface area contributed by atoms with Crippen molar-refractivity contribution >= 4 is 78.7 Å². The van der Waals surface area contributed by atoms with E-state index in [0.717, 1.165) is 48.3 Å². The average Bonchev–Trinajstić information content (AvgIpc) is 0.675. The standard InChI is InChI=1S/C76H58N2O12/c79-71-53-41-57(85-47-29-13-3-14-30-47)63-65-59(87-49-33-17-5-18-34-49)43-55-62-56(74(82)78(73(55)81)70(46-27-11-2-12-28-46)76(84)90-52-39-23-8-24-40-52)44-60(88-50-35-19-6-20-36-50)66(68(62)65)64-58(86-48-31-15-4-16-32-48)42-54(61(53)67(63)64)72(80)77(71)69(45-25-9-1-10-26-45)75(83)89-51-37-21-7-22-38-51/h1-6,9-20,25-36,41-44,51-52,69-70H,7-8,21-24,37-40H2. The zero-order valence-electron chi connectivity index (χ0n) is 48.8. The van der Waals surface area contributed by atoms with Crippen molar-refractivity contribution in [2.45, 2.75) is 88.5 Å². The van der Waals surface area contributed by atoms with Crippen LogP contribution in [0.5, 0.6) is 46.0 Å². The van der Waals surface area contributed by atoms with Crippen molar-refractivity contribution in [2.24, 2.45) is 0 Å². The van der Waals surface area contributed by atoms with Gasteiger partial charge in [0.15, 0.2) is 12.1 Å². The van der Waals surface area contributed by atoms with Gasteiger partial charge in [-0.25, -0.2) is 9.59 Å². The second-order valence-electron chi connectivity index (χ2n) is 23.3. The minimum Gasteiger partial charge on any atom is -0.461 e. The molecule has 4 aliphatic rings. The van der Waals surface area contributed by atoms with Gasteiger partial charge in [-0.15, -0.1) is 0 Å². The van der Waals surface area contributed by atoms with E-state index >= 15 is 28.8 Å². The number of rotatable bonds is 16. The molecule has 2 saturated carbocycles. The number of carbonyl (C=O) groups is 6. The molecule has 2 fully saturated rings. The first-order chi connectivity index (χ1) is 44.2. The van der Waals surface area contributed by atoms with E-state index in [-0.39, 0.29) is 56.0 Å². The van der Waals surface area contributed by atoms with Crippen LogP contribution in [-0.4, -0.2) is 57.6 Å². The predicted molar refractivity (Wildman–Crippen MR) is 339 cm³/mol. The number of imide groups is 2. The Kier molecular flexibility index (Phi) is 14.4. The minimum absolute atomic E-state index is 0.0198. The molecule has 2 aliphatic carbocycles. The van der Waals surface area contributed by atoms with E-state index in [2.05, 4.69) is 0 Å². The van der Waals surface area contributed by atoms with Gasteiger partial charge in [-0.2, -0.15) is 0 Å². The van der Waals surface area contributed by atoms with Crippen LogP contribution < -0.4 is 18.9 Å². The lowest BCUT2D eigenvalue weighted by Gasteiger charge is -2.36. The molecule has 11 aromatic carbocycles. The zero-order valence-corrected chi connectivity index (χ0v) is 48.8. The Morgan fingerprint density at radius 3 is 0.811 bits per heavy atom. The lowest BCUT2D eigenvalue weighted by molar-refractivity contribution is -0.156. The summed E-state index contributed by atoms with van der Waals surface area (Å²) < 4.78 is 41.0. The van der Waals surface area contributed by atoms with Crippen molar-refractivity contribution in [3.63, 3.8) is 0 Å². The van der Waals surface area contributed by atoms with Gasteiger partial charge in [0, 0.05) is 43.1 Å². The second kappa shape index (κ2) is 23.3. The molecule has 0 radical (unpaired) electrons. The Bertz CT molecular complexity index is 4120.